The van der Waals surface area contributed by atoms with Gasteiger partial charge in [-0.15, -0.1) is 15.3 Å². The van der Waals surface area contributed by atoms with Crippen LogP contribution in [0.4, 0.5) is 0 Å². The van der Waals surface area contributed by atoms with Crippen LogP contribution in [0, 0.1) is 6.92 Å². The number of hydrogen-bond acceptors (Lipinski definition) is 7. The number of hydrogen-bond donors (Lipinski definition) is 0. The van der Waals surface area contributed by atoms with Crippen LogP contribution >= 0.6 is 22.9 Å². The summed E-state index contributed by atoms with van der Waals surface area (Å²) in [5.41, 5.74) is 2.09. The average Bonchev–Trinajstić information content (AvgIpc) is 3.17. The number of fused-ring (bicyclic) bond motifs is 1. The zero-order valence-corrected chi connectivity index (χ0v) is 12.7. The van der Waals surface area contributed by atoms with E-state index >= 15 is 0 Å². The molecule has 3 heterocycles. The van der Waals surface area contributed by atoms with Crippen molar-refractivity contribution >= 4 is 27.8 Å². The second-order valence-electron chi connectivity index (χ2n) is 4.57. The van der Waals surface area contributed by atoms with Crippen LogP contribution in [0.2, 0.25) is 0 Å². The summed E-state index contributed by atoms with van der Waals surface area (Å²) >= 11 is 2.87. The first-order valence-corrected chi connectivity index (χ1v) is 7.94. The summed E-state index contributed by atoms with van der Waals surface area (Å²) < 4.78 is 5.77. The molecule has 3 aromatic heterocycles. The lowest BCUT2D eigenvalue weighted by Crippen LogP contribution is -1.97. The Balaban J connectivity index is 1.75. The minimum atomic E-state index is 0.713. The Morgan fingerprint density at radius 1 is 1.10 bits per heavy atom. The molecule has 0 amide bonds. The third-order valence-electron chi connectivity index (χ3n) is 3.11. The normalized spacial score (nSPS) is 11.3. The van der Waals surface area contributed by atoms with Crippen LogP contribution in [-0.2, 0) is 6.42 Å². The molecule has 0 aliphatic heterocycles. The van der Waals surface area contributed by atoms with Gasteiger partial charge in [0.2, 0.25) is 4.96 Å². The highest BCUT2D eigenvalue weighted by Gasteiger charge is 2.16. The lowest BCUT2D eigenvalue weighted by molar-refractivity contribution is 0.854. The molecular weight excluding hydrogens is 304 g/mol. The van der Waals surface area contributed by atoms with Gasteiger partial charge in [-0.1, -0.05) is 46.2 Å². The summed E-state index contributed by atoms with van der Waals surface area (Å²) in [7, 11) is 0. The number of rotatable bonds is 3. The Kier molecular flexibility index (Phi) is 2.97. The van der Waals surface area contributed by atoms with E-state index in [2.05, 4.69) is 37.0 Å². The van der Waals surface area contributed by atoms with Gasteiger partial charge in [-0.2, -0.15) is 9.61 Å². The van der Waals surface area contributed by atoms with Crippen molar-refractivity contribution in [3.05, 3.63) is 47.4 Å². The minimum Gasteiger partial charge on any atom is -0.187 e. The van der Waals surface area contributed by atoms with E-state index in [9.17, 15) is 0 Å². The number of aromatic nitrogens is 6. The molecule has 0 bridgehead atoms. The lowest BCUT2D eigenvalue weighted by atomic mass is 10.1. The smallest absolute Gasteiger partial charge is 0.187 e. The SMILES string of the molecule is Cc1nnsc1-c1nn2c(Cc3ccccc3)nnc2s1. The predicted molar refractivity (Wildman–Crippen MR) is 81.5 cm³/mol. The molecule has 0 unspecified atom stereocenters. The Morgan fingerprint density at radius 3 is 2.71 bits per heavy atom. The van der Waals surface area contributed by atoms with Crippen molar-refractivity contribution < 1.29 is 0 Å². The van der Waals surface area contributed by atoms with E-state index < -0.39 is 0 Å². The highest BCUT2D eigenvalue weighted by molar-refractivity contribution is 7.23. The van der Waals surface area contributed by atoms with Crippen molar-refractivity contribution in [3.63, 3.8) is 0 Å². The van der Waals surface area contributed by atoms with Crippen LogP contribution in [0.5, 0.6) is 0 Å². The average molecular weight is 314 g/mol. The first kappa shape index (κ1) is 12.5. The molecule has 0 aliphatic carbocycles. The van der Waals surface area contributed by atoms with Gasteiger partial charge >= 0.3 is 0 Å². The summed E-state index contributed by atoms with van der Waals surface area (Å²) in [6.45, 7) is 1.94. The molecular formula is C13H10N6S2. The number of benzene rings is 1. The molecule has 0 saturated heterocycles. The van der Waals surface area contributed by atoms with E-state index in [1.807, 2.05) is 29.6 Å². The fourth-order valence-electron chi connectivity index (χ4n) is 2.07. The summed E-state index contributed by atoms with van der Waals surface area (Å²) in [4.78, 5) is 1.79. The first-order valence-electron chi connectivity index (χ1n) is 6.35. The van der Waals surface area contributed by atoms with Crippen LogP contribution in [0.25, 0.3) is 14.8 Å². The molecule has 104 valence electrons. The quantitative estimate of drug-likeness (QED) is 0.581. The fourth-order valence-corrected chi connectivity index (χ4v) is 3.69. The predicted octanol–water partition coefficient (Wildman–Crippen LogP) is 2.60. The lowest BCUT2D eigenvalue weighted by Gasteiger charge is -1.97. The number of nitrogens with zero attached hydrogens (tertiary/aromatic N) is 6. The van der Waals surface area contributed by atoms with Crippen LogP contribution < -0.4 is 0 Å². The van der Waals surface area contributed by atoms with Crippen LogP contribution in [0.3, 0.4) is 0 Å². The molecule has 0 aliphatic rings. The molecule has 21 heavy (non-hydrogen) atoms. The second kappa shape index (κ2) is 4.97. The van der Waals surface area contributed by atoms with Crippen molar-refractivity contribution in [3.8, 4) is 9.88 Å². The van der Waals surface area contributed by atoms with E-state index in [4.69, 9.17) is 0 Å². The Morgan fingerprint density at radius 2 is 1.95 bits per heavy atom. The Bertz CT molecular complexity index is 892. The van der Waals surface area contributed by atoms with Gasteiger partial charge in [-0.3, -0.25) is 0 Å². The van der Waals surface area contributed by atoms with Gasteiger partial charge in [0.05, 0.1) is 5.69 Å². The minimum absolute atomic E-state index is 0.713. The van der Waals surface area contributed by atoms with Crippen molar-refractivity contribution in [1.82, 2.24) is 29.4 Å². The Labute approximate surface area is 128 Å². The third-order valence-corrected chi connectivity index (χ3v) is 4.99. The standard InChI is InChI=1S/C13H10N6S2/c1-8-11(21-18-14-8)12-17-19-10(15-16-13(19)20-12)7-9-5-3-2-4-6-9/h2-6H,7H2,1H3. The fraction of sp³-hybridized carbons (Fsp3) is 0.154. The van der Waals surface area contributed by atoms with Crippen molar-refractivity contribution in [2.75, 3.05) is 0 Å². The molecule has 6 nitrogen and oxygen atoms in total. The largest absolute Gasteiger partial charge is 0.235 e. The molecule has 0 saturated carbocycles. The second-order valence-corrected chi connectivity index (χ2v) is 6.28. The topological polar surface area (TPSA) is 68.9 Å². The summed E-state index contributed by atoms with van der Waals surface area (Å²) in [6.07, 6.45) is 0.713. The van der Waals surface area contributed by atoms with Gasteiger partial charge < -0.3 is 0 Å². The highest BCUT2D eigenvalue weighted by Crippen LogP contribution is 2.29. The van der Waals surface area contributed by atoms with Crippen LogP contribution in [0.1, 0.15) is 17.1 Å². The van der Waals surface area contributed by atoms with E-state index in [-0.39, 0.29) is 0 Å². The molecule has 4 rings (SSSR count). The van der Waals surface area contributed by atoms with Gasteiger partial charge in [0.15, 0.2) is 10.8 Å². The molecule has 0 spiro atoms. The summed E-state index contributed by atoms with van der Waals surface area (Å²) in [6, 6.07) is 10.2. The van der Waals surface area contributed by atoms with Gasteiger partial charge in [-0.05, 0) is 24.0 Å². The maximum absolute atomic E-state index is 4.61. The summed E-state index contributed by atoms with van der Waals surface area (Å²) in [5.74, 6) is 0.842. The summed E-state index contributed by atoms with van der Waals surface area (Å²) in [5, 5.41) is 18.0. The van der Waals surface area contributed by atoms with Crippen LogP contribution in [-0.4, -0.2) is 29.4 Å². The van der Waals surface area contributed by atoms with Gasteiger partial charge in [0, 0.05) is 6.42 Å². The van der Waals surface area contributed by atoms with Gasteiger partial charge in [0.1, 0.15) is 4.88 Å². The monoisotopic (exact) mass is 314 g/mol. The first-order chi connectivity index (χ1) is 10.3. The molecule has 0 fully saturated rings. The zero-order chi connectivity index (χ0) is 14.2. The van der Waals surface area contributed by atoms with Gasteiger partial charge in [0.25, 0.3) is 0 Å². The van der Waals surface area contributed by atoms with Crippen molar-refractivity contribution in [1.29, 1.82) is 0 Å². The van der Waals surface area contributed by atoms with E-state index in [0.717, 1.165) is 26.4 Å². The van der Waals surface area contributed by atoms with E-state index in [1.54, 1.807) is 0 Å². The van der Waals surface area contributed by atoms with Crippen LogP contribution in [0.15, 0.2) is 30.3 Å². The molecule has 0 N–H and O–H groups in total. The molecule has 0 atom stereocenters. The third kappa shape index (κ3) is 2.22. The van der Waals surface area contributed by atoms with Gasteiger partial charge in [-0.25, -0.2) is 0 Å². The van der Waals surface area contributed by atoms with E-state index in [1.165, 1.54) is 28.4 Å². The van der Waals surface area contributed by atoms with Crippen molar-refractivity contribution in [2.45, 2.75) is 13.3 Å². The molecule has 8 heteroatoms. The highest BCUT2D eigenvalue weighted by atomic mass is 32.1. The maximum atomic E-state index is 4.61. The van der Waals surface area contributed by atoms with E-state index in [0.29, 0.717) is 6.42 Å². The molecule has 1 aromatic carbocycles. The van der Waals surface area contributed by atoms with Crippen molar-refractivity contribution in [2.24, 2.45) is 0 Å². The number of aryl methyl sites for hydroxylation is 1. The Hall–Kier alpha value is -2.19. The zero-order valence-electron chi connectivity index (χ0n) is 11.1. The molecule has 4 aromatic rings. The molecule has 0 radical (unpaired) electrons. The maximum Gasteiger partial charge on any atom is 0.235 e.